The summed E-state index contributed by atoms with van der Waals surface area (Å²) in [6.45, 7) is 0. The highest BCUT2D eigenvalue weighted by Gasteiger charge is 2.30. The first kappa shape index (κ1) is 12.0. The van der Waals surface area contributed by atoms with Gasteiger partial charge in [0.15, 0.2) is 0 Å². The third-order valence-corrected chi connectivity index (χ3v) is 1.56. The molecule has 0 spiro atoms. The second-order valence-electron chi connectivity index (χ2n) is 2.79. The highest BCUT2D eigenvalue weighted by Crippen LogP contribution is 2.30. The van der Waals surface area contributed by atoms with E-state index in [0.717, 1.165) is 12.1 Å². The molecule has 0 saturated carbocycles. The molecule has 1 rings (SSSR count). The summed E-state index contributed by atoms with van der Waals surface area (Å²) in [5.74, 6) is -1.29. The second-order valence-corrected chi connectivity index (χ2v) is 2.79. The third-order valence-electron chi connectivity index (χ3n) is 1.56. The Labute approximate surface area is 88.4 Å². The fraction of sp³-hybridized carbons (Fsp3) is 0.111. The molecule has 0 saturated heterocycles. The van der Waals surface area contributed by atoms with Gasteiger partial charge >= 0.3 is 12.1 Å². The van der Waals surface area contributed by atoms with Crippen LogP contribution in [0.25, 0.3) is 0 Å². The van der Waals surface area contributed by atoms with Crippen LogP contribution in [0.2, 0.25) is 0 Å². The number of aliphatic carboxylic acids is 1. The first-order valence-electron chi connectivity index (χ1n) is 4.09. The fourth-order valence-corrected chi connectivity index (χ4v) is 0.927. The van der Waals surface area contributed by atoms with E-state index in [-0.39, 0.29) is 5.69 Å². The monoisotopic (exact) mass is 232 g/mol. The minimum absolute atomic E-state index is 0.0623. The lowest BCUT2D eigenvalue weighted by atomic mass is 10.2. The molecule has 86 valence electrons. The molecule has 0 amide bonds. The predicted molar refractivity (Wildman–Crippen MR) is 51.2 cm³/mol. The van der Waals surface area contributed by atoms with Gasteiger partial charge in [-0.2, -0.15) is 18.3 Å². The molecule has 0 aliphatic rings. The number of hydrogen-bond acceptors (Lipinski definition) is 3. The topological polar surface area (TPSA) is 61.7 Å². The molecule has 0 radical (unpaired) electrons. The maximum atomic E-state index is 12.3. The highest BCUT2D eigenvalue weighted by molar-refractivity contribution is 6.22. The molecule has 4 nitrogen and oxygen atoms in total. The van der Waals surface area contributed by atoms with Crippen LogP contribution in [0.5, 0.6) is 0 Å². The summed E-state index contributed by atoms with van der Waals surface area (Å²) in [5, 5.41) is 11.4. The first-order valence-corrected chi connectivity index (χ1v) is 4.09. The standard InChI is InChI=1S/C9H7F3N2O2/c10-9(11,12)6-2-1-3-7(4-6)14-13-5-8(15)16/h1-5,14H,(H,15,16). The SMILES string of the molecule is O=C(O)C=NNc1cccc(C(F)(F)F)c1. The molecule has 0 heterocycles. The number of alkyl halides is 3. The minimum Gasteiger partial charge on any atom is -0.477 e. The van der Waals surface area contributed by atoms with Gasteiger partial charge in [0.2, 0.25) is 0 Å². The van der Waals surface area contributed by atoms with E-state index in [4.69, 9.17) is 5.11 Å². The molecule has 0 atom stereocenters. The Hall–Kier alpha value is -2.05. The van der Waals surface area contributed by atoms with Gasteiger partial charge in [-0.15, -0.1) is 0 Å². The summed E-state index contributed by atoms with van der Waals surface area (Å²) in [4.78, 5) is 10.0. The zero-order valence-corrected chi connectivity index (χ0v) is 7.82. The highest BCUT2D eigenvalue weighted by atomic mass is 19.4. The van der Waals surface area contributed by atoms with Gasteiger partial charge in [-0.05, 0) is 18.2 Å². The van der Waals surface area contributed by atoms with Crippen molar-refractivity contribution in [2.75, 3.05) is 5.43 Å². The van der Waals surface area contributed by atoms with Crippen LogP contribution in [0, 0.1) is 0 Å². The van der Waals surface area contributed by atoms with Crippen molar-refractivity contribution >= 4 is 17.9 Å². The average Bonchev–Trinajstić information content (AvgIpc) is 2.16. The number of benzene rings is 1. The Balaban J connectivity index is 2.79. The Morgan fingerprint density at radius 3 is 2.69 bits per heavy atom. The van der Waals surface area contributed by atoms with Gasteiger partial charge in [0.05, 0.1) is 11.3 Å². The molecule has 1 aromatic rings. The Bertz CT molecular complexity index is 415. The number of carboxylic acid groups (broad SMARTS) is 1. The van der Waals surface area contributed by atoms with E-state index < -0.39 is 17.7 Å². The van der Waals surface area contributed by atoms with Crippen LogP contribution >= 0.6 is 0 Å². The van der Waals surface area contributed by atoms with Crippen LogP contribution in [0.3, 0.4) is 0 Å². The maximum absolute atomic E-state index is 12.3. The summed E-state index contributed by atoms with van der Waals surface area (Å²) in [7, 11) is 0. The fourth-order valence-electron chi connectivity index (χ4n) is 0.927. The second kappa shape index (κ2) is 4.65. The lowest BCUT2D eigenvalue weighted by molar-refractivity contribution is -0.137. The molecular weight excluding hydrogens is 225 g/mol. The Morgan fingerprint density at radius 2 is 2.12 bits per heavy atom. The van der Waals surface area contributed by atoms with Crippen molar-refractivity contribution in [3.63, 3.8) is 0 Å². The predicted octanol–water partition coefficient (Wildman–Crippen LogP) is 2.19. The number of nitrogens with zero attached hydrogens (tertiary/aromatic N) is 1. The lowest BCUT2D eigenvalue weighted by Crippen LogP contribution is -2.05. The van der Waals surface area contributed by atoms with Gasteiger partial charge in [0, 0.05) is 0 Å². The summed E-state index contributed by atoms with van der Waals surface area (Å²) in [6, 6.07) is 4.28. The summed E-state index contributed by atoms with van der Waals surface area (Å²) in [5.41, 5.74) is 1.41. The molecular formula is C9H7F3N2O2. The van der Waals surface area contributed by atoms with Crippen molar-refractivity contribution in [3.8, 4) is 0 Å². The largest absolute Gasteiger partial charge is 0.477 e. The van der Waals surface area contributed by atoms with Crippen LogP contribution in [0.4, 0.5) is 18.9 Å². The number of carbonyl (C=O) groups is 1. The summed E-state index contributed by atoms with van der Waals surface area (Å²) >= 11 is 0. The van der Waals surface area contributed by atoms with Gasteiger partial charge in [0.1, 0.15) is 6.21 Å². The zero-order valence-electron chi connectivity index (χ0n) is 7.82. The van der Waals surface area contributed by atoms with Crippen molar-refractivity contribution in [2.45, 2.75) is 6.18 Å². The number of nitrogens with one attached hydrogen (secondary N) is 1. The van der Waals surface area contributed by atoms with Gasteiger partial charge in [-0.1, -0.05) is 6.07 Å². The molecule has 16 heavy (non-hydrogen) atoms. The molecule has 7 heteroatoms. The van der Waals surface area contributed by atoms with E-state index in [9.17, 15) is 18.0 Å². The van der Waals surface area contributed by atoms with Gasteiger partial charge < -0.3 is 5.11 Å². The quantitative estimate of drug-likeness (QED) is 0.620. The summed E-state index contributed by atoms with van der Waals surface area (Å²) in [6.07, 6.45) is -3.89. The molecule has 0 aliphatic carbocycles. The first-order chi connectivity index (χ1) is 7.39. The van der Waals surface area contributed by atoms with E-state index >= 15 is 0 Å². The van der Waals surface area contributed by atoms with Crippen molar-refractivity contribution in [2.24, 2.45) is 5.10 Å². The lowest BCUT2D eigenvalue weighted by Gasteiger charge is -2.07. The molecule has 0 aliphatic heterocycles. The number of carboxylic acids is 1. The third kappa shape index (κ3) is 3.60. The van der Waals surface area contributed by atoms with Gasteiger partial charge in [0.25, 0.3) is 0 Å². The van der Waals surface area contributed by atoms with Crippen LogP contribution < -0.4 is 5.43 Å². The molecule has 0 unspecified atom stereocenters. The van der Waals surface area contributed by atoms with E-state index in [0.29, 0.717) is 6.21 Å². The van der Waals surface area contributed by atoms with Crippen LogP contribution in [0.15, 0.2) is 29.4 Å². The number of halogens is 3. The average molecular weight is 232 g/mol. The van der Waals surface area contributed by atoms with E-state index in [1.54, 1.807) is 0 Å². The molecule has 2 N–H and O–H groups in total. The Kier molecular flexibility index (Phi) is 3.49. The molecule has 1 aromatic carbocycles. The Morgan fingerprint density at radius 1 is 1.44 bits per heavy atom. The van der Waals surface area contributed by atoms with Crippen LogP contribution in [-0.2, 0) is 11.0 Å². The number of hydrogen-bond donors (Lipinski definition) is 2. The summed E-state index contributed by atoms with van der Waals surface area (Å²) < 4.78 is 36.8. The molecule has 0 fully saturated rings. The number of hydrazone groups is 1. The molecule has 0 bridgehead atoms. The maximum Gasteiger partial charge on any atom is 0.416 e. The smallest absolute Gasteiger partial charge is 0.416 e. The number of anilines is 1. The van der Waals surface area contributed by atoms with Crippen molar-refractivity contribution in [1.29, 1.82) is 0 Å². The number of rotatable bonds is 3. The zero-order chi connectivity index (χ0) is 12.2. The van der Waals surface area contributed by atoms with Crippen molar-refractivity contribution in [3.05, 3.63) is 29.8 Å². The minimum atomic E-state index is -4.44. The van der Waals surface area contributed by atoms with Crippen molar-refractivity contribution < 1.29 is 23.1 Å². The van der Waals surface area contributed by atoms with E-state index in [1.165, 1.54) is 12.1 Å². The van der Waals surface area contributed by atoms with Crippen molar-refractivity contribution in [1.82, 2.24) is 0 Å². The van der Waals surface area contributed by atoms with E-state index in [1.807, 2.05) is 0 Å². The van der Waals surface area contributed by atoms with Crippen LogP contribution in [0.1, 0.15) is 5.56 Å². The van der Waals surface area contributed by atoms with Gasteiger partial charge in [-0.25, -0.2) is 4.79 Å². The normalized spacial score (nSPS) is 11.7. The molecule has 0 aromatic heterocycles. The van der Waals surface area contributed by atoms with Crippen LogP contribution in [-0.4, -0.2) is 17.3 Å². The van der Waals surface area contributed by atoms with E-state index in [2.05, 4.69) is 10.5 Å². The van der Waals surface area contributed by atoms with Gasteiger partial charge in [-0.3, -0.25) is 5.43 Å².